The number of allylic oxidation sites excluding steroid dienone is 3. The van der Waals surface area contributed by atoms with Crippen LogP contribution in [0.1, 0.15) is 42.4 Å². The van der Waals surface area contributed by atoms with Gasteiger partial charge in [0.25, 0.3) is 0 Å². The number of ether oxygens (including phenoxy) is 1. The fourth-order valence-corrected chi connectivity index (χ4v) is 5.04. The summed E-state index contributed by atoms with van der Waals surface area (Å²) < 4.78 is 5.76. The Morgan fingerprint density at radius 1 is 0.865 bits per heavy atom. The average Bonchev–Trinajstić information content (AvgIpc) is 3.19. The first-order chi connectivity index (χ1) is 18.2. The first kappa shape index (κ1) is 24.6. The van der Waals surface area contributed by atoms with Gasteiger partial charge in [0.05, 0.1) is 11.7 Å². The van der Waals surface area contributed by atoms with Crippen LogP contribution in [0.25, 0.3) is 0 Å². The maximum absolute atomic E-state index is 13.6. The Hall–Kier alpha value is -4.12. The van der Waals surface area contributed by atoms with Crippen molar-refractivity contribution in [2.24, 2.45) is 0 Å². The summed E-state index contributed by atoms with van der Waals surface area (Å²) in [5.74, 6) is 0.158. The standard InChI is InChI=1S/C32H33N3O2/c33-31-34(23-27-17-9-3-10-18-27)29(21-25-13-5-1-6-14-25)30(22-26-15-7-2-8-16-26)35(31)32(36)37-24-28-19-11-4-12-20-28/h1,3-6,9-15,17-20,22,29,33H,2,7-8,16,21,23-24H2/b30-22-,33-31?. The van der Waals surface area contributed by atoms with Crippen LogP contribution in [0.2, 0.25) is 0 Å². The first-order valence-corrected chi connectivity index (χ1v) is 13.0. The smallest absolute Gasteiger partial charge is 0.421 e. The molecular weight excluding hydrogens is 458 g/mol. The fourth-order valence-electron chi connectivity index (χ4n) is 5.04. The van der Waals surface area contributed by atoms with E-state index < -0.39 is 6.09 Å². The van der Waals surface area contributed by atoms with Crippen molar-refractivity contribution >= 4 is 12.1 Å². The predicted octanol–water partition coefficient (Wildman–Crippen LogP) is 7.07. The summed E-state index contributed by atoms with van der Waals surface area (Å²) >= 11 is 0. The minimum atomic E-state index is -0.509. The van der Waals surface area contributed by atoms with Gasteiger partial charge in [-0.05, 0) is 54.9 Å². The zero-order valence-electron chi connectivity index (χ0n) is 21.1. The van der Waals surface area contributed by atoms with Crippen molar-refractivity contribution in [1.82, 2.24) is 9.80 Å². The van der Waals surface area contributed by atoms with Gasteiger partial charge in [-0.2, -0.15) is 0 Å². The van der Waals surface area contributed by atoms with Crippen LogP contribution in [0.15, 0.2) is 114 Å². The Kier molecular flexibility index (Phi) is 7.80. The fraction of sp³-hybridized carbons (Fsp3) is 0.250. The molecule has 3 aromatic rings. The maximum atomic E-state index is 13.6. The van der Waals surface area contributed by atoms with Crippen LogP contribution in [0.5, 0.6) is 0 Å². The molecule has 1 N–H and O–H groups in total. The molecule has 1 atom stereocenters. The third kappa shape index (κ3) is 6.00. The van der Waals surface area contributed by atoms with Gasteiger partial charge in [-0.1, -0.05) is 103 Å². The molecule has 1 heterocycles. The summed E-state index contributed by atoms with van der Waals surface area (Å²) in [7, 11) is 0. The topological polar surface area (TPSA) is 56.6 Å². The van der Waals surface area contributed by atoms with Crippen LogP contribution in [-0.2, 0) is 24.3 Å². The number of hydrogen-bond acceptors (Lipinski definition) is 3. The molecule has 0 saturated carbocycles. The van der Waals surface area contributed by atoms with Gasteiger partial charge in [0.15, 0.2) is 0 Å². The van der Waals surface area contributed by atoms with E-state index >= 15 is 0 Å². The molecule has 1 fully saturated rings. The highest BCUT2D eigenvalue weighted by Gasteiger charge is 2.43. The van der Waals surface area contributed by atoms with E-state index in [-0.39, 0.29) is 18.6 Å². The molecular formula is C32H33N3O2. The second kappa shape index (κ2) is 11.7. The van der Waals surface area contributed by atoms with Crippen LogP contribution in [0, 0.1) is 5.41 Å². The van der Waals surface area contributed by atoms with Gasteiger partial charge >= 0.3 is 6.09 Å². The number of carbonyl (C=O) groups is 1. The predicted molar refractivity (Wildman–Crippen MR) is 147 cm³/mol. The second-order valence-corrected chi connectivity index (χ2v) is 9.61. The molecule has 5 heteroatoms. The van der Waals surface area contributed by atoms with Crippen LogP contribution in [-0.4, -0.2) is 27.9 Å². The molecule has 0 aromatic heterocycles. The number of benzene rings is 3. The third-order valence-electron chi connectivity index (χ3n) is 6.97. The molecule has 1 aliphatic carbocycles. The molecule has 2 aliphatic rings. The Bertz CT molecular complexity index is 1270. The number of rotatable bonds is 7. The van der Waals surface area contributed by atoms with Crippen molar-refractivity contribution < 1.29 is 9.53 Å². The van der Waals surface area contributed by atoms with Gasteiger partial charge in [0, 0.05) is 6.54 Å². The lowest BCUT2D eigenvalue weighted by atomic mass is 9.96. The highest BCUT2D eigenvalue weighted by atomic mass is 16.6. The highest BCUT2D eigenvalue weighted by Crippen LogP contribution is 2.33. The lowest BCUT2D eigenvalue weighted by Gasteiger charge is -2.25. The highest BCUT2D eigenvalue weighted by molar-refractivity contribution is 5.97. The Labute approximate surface area is 219 Å². The van der Waals surface area contributed by atoms with Gasteiger partial charge < -0.3 is 9.64 Å². The largest absolute Gasteiger partial charge is 0.444 e. The van der Waals surface area contributed by atoms with Crippen LogP contribution < -0.4 is 0 Å². The number of nitrogens with zero attached hydrogens (tertiary/aromatic N) is 2. The number of hydrogen-bond donors (Lipinski definition) is 1. The minimum Gasteiger partial charge on any atom is -0.444 e. The minimum absolute atomic E-state index is 0.158. The number of carbonyl (C=O) groups excluding carboxylic acids is 1. The molecule has 37 heavy (non-hydrogen) atoms. The Morgan fingerprint density at radius 3 is 2.11 bits per heavy atom. The van der Waals surface area contributed by atoms with Gasteiger partial charge in [-0.15, -0.1) is 0 Å². The van der Waals surface area contributed by atoms with Gasteiger partial charge in [-0.25, -0.2) is 9.69 Å². The second-order valence-electron chi connectivity index (χ2n) is 9.61. The third-order valence-corrected chi connectivity index (χ3v) is 6.97. The quantitative estimate of drug-likeness (QED) is 0.384. The van der Waals surface area contributed by atoms with E-state index in [1.54, 1.807) is 0 Å². The number of nitrogens with one attached hydrogen (secondary N) is 1. The summed E-state index contributed by atoms with van der Waals surface area (Å²) in [5, 5.41) is 9.16. The molecule has 1 aliphatic heterocycles. The lowest BCUT2D eigenvalue weighted by molar-refractivity contribution is 0.123. The molecule has 3 aromatic carbocycles. The summed E-state index contributed by atoms with van der Waals surface area (Å²) in [6, 6.07) is 30.0. The molecule has 188 valence electrons. The normalized spacial score (nSPS) is 18.7. The van der Waals surface area contributed by atoms with Gasteiger partial charge in [0.2, 0.25) is 5.96 Å². The van der Waals surface area contributed by atoms with Crippen molar-refractivity contribution in [3.05, 3.63) is 131 Å². The Balaban J connectivity index is 1.50. The van der Waals surface area contributed by atoms with E-state index in [4.69, 9.17) is 10.1 Å². The molecule has 1 unspecified atom stereocenters. The first-order valence-electron chi connectivity index (χ1n) is 13.0. The van der Waals surface area contributed by atoms with Crippen molar-refractivity contribution in [1.29, 1.82) is 5.41 Å². The van der Waals surface area contributed by atoms with Gasteiger partial charge in [-0.3, -0.25) is 5.41 Å². The van der Waals surface area contributed by atoms with E-state index in [1.807, 2.05) is 71.6 Å². The number of guanidine groups is 1. The van der Waals surface area contributed by atoms with Crippen molar-refractivity contribution in [2.75, 3.05) is 0 Å². The van der Waals surface area contributed by atoms with E-state index in [0.29, 0.717) is 13.0 Å². The van der Waals surface area contributed by atoms with Crippen molar-refractivity contribution in [3.8, 4) is 0 Å². The number of amides is 1. The molecule has 1 amide bonds. The molecule has 5 rings (SSSR count). The molecule has 1 saturated heterocycles. The summed E-state index contributed by atoms with van der Waals surface area (Å²) in [5.41, 5.74) is 5.23. The van der Waals surface area contributed by atoms with Crippen LogP contribution >= 0.6 is 0 Å². The summed E-state index contributed by atoms with van der Waals surface area (Å²) in [6.45, 7) is 0.706. The van der Waals surface area contributed by atoms with E-state index in [9.17, 15) is 4.79 Å². The van der Waals surface area contributed by atoms with Gasteiger partial charge in [0.1, 0.15) is 6.61 Å². The van der Waals surface area contributed by atoms with E-state index in [0.717, 1.165) is 36.1 Å². The average molecular weight is 492 g/mol. The molecule has 0 bridgehead atoms. The van der Waals surface area contributed by atoms with Crippen LogP contribution in [0.4, 0.5) is 4.79 Å². The molecule has 0 radical (unpaired) electrons. The zero-order chi connectivity index (χ0) is 25.5. The molecule has 5 nitrogen and oxygen atoms in total. The lowest BCUT2D eigenvalue weighted by Crippen LogP contribution is -2.38. The summed E-state index contributed by atoms with van der Waals surface area (Å²) in [6.07, 6.45) is 8.96. The SMILES string of the molecule is N=C1N(C(=O)OCc2ccccc2)/C(=C\C2=CCCCC2)C(Cc2ccccc2)N1Cc1ccccc1. The van der Waals surface area contributed by atoms with E-state index in [1.165, 1.54) is 22.5 Å². The Morgan fingerprint density at radius 2 is 1.49 bits per heavy atom. The summed E-state index contributed by atoms with van der Waals surface area (Å²) in [4.78, 5) is 17.1. The maximum Gasteiger partial charge on any atom is 0.421 e. The van der Waals surface area contributed by atoms with E-state index in [2.05, 4.69) is 36.4 Å². The molecule has 0 spiro atoms. The zero-order valence-corrected chi connectivity index (χ0v) is 21.1. The van der Waals surface area contributed by atoms with Crippen molar-refractivity contribution in [2.45, 2.75) is 51.3 Å². The van der Waals surface area contributed by atoms with Crippen LogP contribution in [0.3, 0.4) is 0 Å². The van der Waals surface area contributed by atoms with Crippen molar-refractivity contribution in [3.63, 3.8) is 0 Å². The monoisotopic (exact) mass is 491 g/mol.